The van der Waals surface area contributed by atoms with E-state index in [1.165, 1.54) is 0 Å². The molecule has 1 fully saturated rings. The quantitative estimate of drug-likeness (QED) is 0.415. The Balaban J connectivity index is 1.85. The van der Waals surface area contributed by atoms with Gasteiger partial charge >= 0.3 is 0 Å². The first kappa shape index (κ1) is 20.8. The molecular weight excluding hydrogens is 330 g/mol. The van der Waals surface area contributed by atoms with E-state index in [0.29, 0.717) is 17.8 Å². The summed E-state index contributed by atoms with van der Waals surface area (Å²) >= 11 is 0. The van der Waals surface area contributed by atoms with E-state index in [4.69, 9.17) is 14.1 Å². The number of furan rings is 1. The molecule has 26 heavy (non-hydrogen) atoms. The lowest BCUT2D eigenvalue weighted by atomic mass is 9.94. The fraction of sp³-hybridized carbons (Fsp3) is 0.750. The summed E-state index contributed by atoms with van der Waals surface area (Å²) in [6.45, 7) is 8.72. The second-order valence-electron chi connectivity index (χ2n) is 7.56. The van der Waals surface area contributed by atoms with Crippen LogP contribution in [0.3, 0.4) is 0 Å². The molecule has 2 atom stereocenters. The summed E-state index contributed by atoms with van der Waals surface area (Å²) in [5, 5.41) is 16.2. The molecule has 0 spiro atoms. The van der Waals surface area contributed by atoms with Gasteiger partial charge in [0.15, 0.2) is 5.96 Å². The summed E-state index contributed by atoms with van der Waals surface area (Å²) in [4.78, 5) is 4.79. The monoisotopic (exact) mass is 365 g/mol. The van der Waals surface area contributed by atoms with Gasteiger partial charge in [0, 0.05) is 45.2 Å². The first-order valence-electron chi connectivity index (χ1n) is 9.90. The van der Waals surface area contributed by atoms with E-state index >= 15 is 0 Å². The van der Waals surface area contributed by atoms with Gasteiger partial charge < -0.3 is 24.9 Å². The molecule has 148 valence electrons. The van der Waals surface area contributed by atoms with Gasteiger partial charge in [0.1, 0.15) is 5.76 Å². The Kier molecular flexibility index (Phi) is 9.56. The van der Waals surface area contributed by atoms with Crippen LogP contribution >= 0.6 is 0 Å². The van der Waals surface area contributed by atoms with Crippen molar-refractivity contribution < 1.29 is 14.3 Å². The van der Waals surface area contributed by atoms with E-state index < -0.39 is 0 Å². The highest BCUT2D eigenvalue weighted by atomic mass is 16.5. The SMILES string of the molecule is CC(C)CC(CCO)CN=C(NCCc1ccco1)NCC1CCOC1. The summed E-state index contributed by atoms with van der Waals surface area (Å²) in [7, 11) is 0. The zero-order chi connectivity index (χ0) is 18.6. The van der Waals surface area contributed by atoms with Gasteiger partial charge in [-0.15, -0.1) is 0 Å². The minimum Gasteiger partial charge on any atom is -0.469 e. The highest BCUT2D eigenvalue weighted by Crippen LogP contribution is 2.15. The van der Waals surface area contributed by atoms with Crippen LogP contribution in [0.4, 0.5) is 0 Å². The highest BCUT2D eigenvalue weighted by Gasteiger charge is 2.16. The Bertz CT molecular complexity index is 496. The summed E-state index contributed by atoms with van der Waals surface area (Å²) in [6, 6.07) is 3.90. The second-order valence-corrected chi connectivity index (χ2v) is 7.56. The first-order valence-corrected chi connectivity index (χ1v) is 9.90. The molecule has 2 unspecified atom stereocenters. The number of hydrogen-bond donors (Lipinski definition) is 3. The lowest BCUT2D eigenvalue weighted by Crippen LogP contribution is -2.41. The van der Waals surface area contributed by atoms with Crippen molar-refractivity contribution in [2.45, 2.75) is 39.5 Å². The lowest BCUT2D eigenvalue weighted by Gasteiger charge is -2.18. The largest absolute Gasteiger partial charge is 0.469 e. The molecule has 0 amide bonds. The van der Waals surface area contributed by atoms with Crippen molar-refractivity contribution in [2.24, 2.45) is 22.7 Å². The number of aliphatic hydroxyl groups excluding tert-OH is 1. The van der Waals surface area contributed by atoms with E-state index in [1.54, 1.807) is 6.26 Å². The molecule has 1 saturated heterocycles. The molecule has 2 rings (SSSR count). The fourth-order valence-electron chi connectivity index (χ4n) is 3.27. The van der Waals surface area contributed by atoms with Gasteiger partial charge in [0.2, 0.25) is 0 Å². The van der Waals surface area contributed by atoms with Crippen LogP contribution in [0.1, 0.15) is 38.9 Å². The lowest BCUT2D eigenvalue weighted by molar-refractivity contribution is 0.186. The molecule has 0 aliphatic carbocycles. The average molecular weight is 366 g/mol. The van der Waals surface area contributed by atoms with Crippen molar-refractivity contribution >= 4 is 5.96 Å². The fourth-order valence-corrected chi connectivity index (χ4v) is 3.27. The third-order valence-electron chi connectivity index (χ3n) is 4.68. The number of aliphatic imine (C=N–C) groups is 1. The maximum absolute atomic E-state index is 9.30. The van der Waals surface area contributed by atoms with Crippen molar-refractivity contribution in [3.8, 4) is 0 Å². The van der Waals surface area contributed by atoms with Crippen LogP contribution in [0.5, 0.6) is 0 Å². The Morgan fingerprint density at radius 2 is 2.27 bits per heavy atom. The van der Waals surface area contributed by atoms with Crippen LogP contribution in [0.15, 0.2) is 27.8 Å². The molecule has 1 aromatic rings. The Hall–Kier alpha value is -1.53. The van der Waals surface area contributed by atoms with Crippen molar-refractivity contribution in [1.82, 2.24) is 10.6 Å². The maximum Gasteiger partial charge on any atom is 0.191 e. The number of aliphatic hydroxyl groups is 1. The number of nitrogens with zero attached hydrogens (tertiary/aromatic N) is 1. The smallest absolute Gasteiger partial charge is 0.191 e. The summed E-state index contributed by atoms with van der Waals surface area (Å²) in [6.07, 6.45) is 5.52. The molecule has 2 heterocycles. The van der Waals surface area contributed by atoms with Crippen LogP contribution in [0.2, 0.25) is 0 Å². The predicted molar refractivity (Wildman–Crippen MR) is 104 cm³/mol. The zero-order valence-electron chi connectivity index (χ0n) is 16.2. The van der Waals surface area contributed by atoms with Gasteiger partial charge in [0.05, 0.1) is 12.9 Å². The molecular formula is C20H35N3O3. The Labute approximate surface area is 157 Å². The van der Waals surface area contributed by atoms with Crippen molar-refractivity contribution in [1.29, 1.82) is 0 Å². The minimum atomic E-state index is 0.223. The van der Waals surface area contributed by atoms with Gasteiger partial charge in [-0.1, -0.05) is 13.8 Å². The molecule has 1 aromatic heterocycles. The van der Waals surface area contributed by atoms with E-state index in [1.807, 2.05) is 12.1 Å². The van der Waals surface area contributed by atoms with Crippen LogP contribution < -0.4 is 10.6 Å². The number of hydrogen-bond acceptors (Lipinski definition) is 4. The zero-order valence-corrected chi connectivity index (χ0v) is 16.2. The van der Waals surface area contributed by atoms with Crippen molar-refractivity contribution in [2.75, 3.05) is 39.5 Å². The van der Waals surface area contributed by atoms with Crippen molar-refractivity contribution in [3.63, 3.8) is 0 Å². The van der Waals surface area contributed by atoms with Crippen LogP contribution in [-0.4, -0.2) is 50.5 Å². The maximum atomic E-state index is 9.30. The van der Waals surface area contributed by atoms with E-state index in [-0.39, 0.29) is 6.61 Å². The summed E-state index contributed by atoms with van der Waals surface area (Å²) in [5.41, 5.74) is 0. The normalized spacial score (nSPS) is 19.1. The van der Waals surface area contributed by atoms with E-state index in [0.717, 1.165) is 70.3 Å². The van der Waals surface area contributed by atoms with E-state index in [2.05, 4.69) is 24.5 Å². The molecule has 3 N–H and O–H groups in total. The number of nitrogens with one attached hydrogen (secondary N) is 2. The van der Waals surface area contributed by atoms with Crippen LogP contribution in [0.25, 0.3) is 0 Å². The summed E-state index contributed by atoms with van der Waals surface area (Å²) in [5.74, 6) is 3.39. The molecule has 0 bridgehead atoms. The molecule has 0 saturated carbocycles. The number of ether oxygens (including phenoxy) is 1. The molecule has 1 aliphatic rings. The van der Waals surface area contributed by atoms with Gasteiger partial charge in [-0.2, -0.15) is 0 Å². The van der Waals surface area contributed by atoms with Gasteiger partial charge in [0.25, 0.3) is 0 Å². The number of guanidine groups is 1. The van der Waals surface area contributed by atoms with Gasteiger partial charge in [-0.25, -0.2) is 0 Å². The molecule has 0 aromatic carbocycles. The summed E-state index contributed by atoms with van der Waals surface area (Å²) < 4.78 is 10.8. The van der Waals surface area contributed by atoms with Crippen LogP contribution in [0, 0.1) is 17.8 Å². The Morgan fingerprint density at radius 3 is 2.92 bits per heavy atom. The highest BCUT2D eigenvalue weighted by molar-refractivity contribution is 5.79. The third-order valence-corrected chi connectivity index (χ3v) is 4.68. The van der Waals surface area contributed by atoms with Crippen LogP contribution in [-0.2, 0) is 11.2 Å². The Morgan fingerprint density at radius 1 is 1.38 bits per heavy atom. The molecule has 6 nitrogen and oxygen atoms in total. The first-order chi connectivity index (χ1) is 12.7. The van der Waals surface area contributed by atoms with Crippen molar-refractivity contribution in [3.05, 3.63) is 24.2 Å². The topological polar surface area (TPSA) is 79.0 Å². The average Bonchev–Trinajstić information content (AvgIpc) is 3.30. The van der Waals surface area contributed by atoms with Gasteiger partial charge in [-0.05, 0) is 43.2 Å². The standard InChI is InChI=1S/C20H35N3O3/c1-16(2)12-17(6-9-24)13-22-20(23-14-18-7-11-25-15-18)21-8-5-19-4-3-10-26-19/h3-4,10,16-18,24H,5-9,11-15H2,1-2H3,(H2,21,22,23). The second kappa shape index (κ2) is 12.0. The molecule has 6 heteroatoms. The van der Waals surface area contributed by atoms with Gasteiger partial charge in [-0.3, -0.25) is 4.99 Å². The van der Waals surface area contributed by atoms with E-state index in [9.17, 15) is 5.11 Å². The third kappa shape index (κ3) is 8.23. The predicted octanol–water partition coefficient (Wildman–Crippen LogP) is 2.44. The minimum absolute atomic E-state index is 0.223. The molecule has 0 radical (unpaired) electrons. The molecule has 1 aliphatic heterocycles. The number of rotatable bonds is 11.